The number of hydrogen-bond acceptors (Lipinski definition) is 4. The fourth-order valence-corrected chi connectivity index (χ4v) is 4.31. The first kappa shape index (κ1) is 26.5. The summed E-state index contributed by atoms with van der Waals surface area (Å²) in [6.07, 6.45) is -1.80. The van der Waals surface area contributed by atoms with Gasteiger partial charge in [-0.3, -0.25) is 4.90 Å². The van der Waals surface area contributed by atoms with Gasteiger partial charge in [-0.1, -0.05) is 38.1 Å². The molecule has 0 atom stereocenters. The molecule has 4 rings (SSSR count). The van der Waals surface area contributed by atoms with Gasteiger partial charge >= 0.3 is 12.2 Å². The number of alkyl halides is 3. The first-order valence-electron chi connectivity index (χ1n) is 12.4. The first-order valence-corrected chi connectivity index (χ1v) is 12.4. The van der Waals surface area contributed by atoms with E-state index in [2.05, 4.69) is 63.5 Å². The fourth-order valence-electron chi connectivity index (χ4n) is 4.31. The highest BCUT2D eigenvalue weighted by Gasteiger charge is 2.30. The maximum Gasteiger partial charge on any atom is 0.416 e. The highest BCUT2D eigenvalue weighted by atomic mass is 19.4. The Hall–Kier alpha value is -3.59. The molecule has 9 heteroatoms. The average molecular weight is 512 g/mol. The van der Waals surface area contributed by atoms with E-state index < -0.39 is 17.8 Å². The van der Waals surface area contributed by atoms with Gasteiger partial charge in [-0.15, -0.1) is 0 Å². The van der Waals surface area contributed by atoms with Crippen LogP contribution in [-0.4, -0.2) is 42.1 Å². The Morgan fingerprint density at radius 3 is 2.19 bits per heavy atom. The molecule has 6 nitrogen and oxygen atoms in total. The van der Waals surface area contributed by atoms with Crippen molar-refractivity contribution >= 4 is 23.2 Å². The Labute approximate surface area is 215 Å². The van der Waals surface area contributed by atoms with Crippen molar-refractivity contribution in [3.63, 3.8) is 0 Å². The van der Waals surface area contributed by atoms with E-state index in [1.54, 1.807) is 12.3 Å². The van der Waals surface area contributed by atoms with Crippen molar-refractivity contribution < 1.29 is 18.0 Å². The zero-order valence-electron chi connectivity index (χ0n) is 21.1. The highest BCUT2D eigenvalue weighted by molar-refractivity contribution is 5.99. The number of carbonyl (C=O) groups excluding carboxylic acids is 1. The third kappa shape index (κ3) is 7.45. The smallest absolute Gasteiger partial charge is 0.355 e. The monoisotopic (exact) mass is 511 g/mol. The number of halogens is 3. The lowest BCUT2D eigenvalue weighted by Gasteiger charge is -2.23. The van der Waals surface area contributed by atoms with E-state index in [9.17, 15) is 18.0 Å². The van der Waals surface area contributed by atoms with Crippen LogP contribution in [0.1, 0.15) is 42.9 Å². The number of aromatic nitrogens is 1. The van der Waals surface area contributed by atoms with Crippen LogP contribution in [0, 0.1) is 0 Å². The lowest BCUT2D eigenvalue weighted by atomic mass is 10.0. The molecule has 2 aromatic carbocycles. The molecule has 0 saturated carbocycles. The topological polar surface area (TPSA) is 60.5 Å². The van der Waals surface area contributed by atoms with Gasteiger partial charge in [-0.2, -0.15) is 13.2 Å². The van der Waals surface area contributed by atoms with Crippen LogP contribution in [-0.2, 0) is 12.7 Å². The molecule has 0 unspecified atom stereocenters. The number of benzene rings is 2. The minimum Gasteiger partial charge on any atom is -0.355 e. The molecule has 1 saturated heterocycles. The van der Waals surface area contributed by atoms with Gasteiger partial charge in [0.25, 0.3) is 0 Å². The summed E-state index contributed by atoms with van der Waals surface area (Å²) in [5, 5.41) is 5.19. The van der Waals surface area contributed by atoms with E-state index >= 15 is 0 Å². The van der Waals surface area contributed by atoms with Gasteiger partial charge in [0, 0.05) is 38.4 Å². The molecule has 0 spiro atoms. The van der Waals surface area contributed by atoms with Crippen LogP contribution < -0.4 is 15.5 Å². The van der Waals surface area contributed by atoms with Crippen LogP contribution in [0.3, 0.4) is 0 Å². The minimum atomic E-state index is -4.42. The predicted molar refractivity (Wildman–Crippen MR) is 141 cm³/mol. The number of hydrogen-bond donors (Lipinski definition) is 2. The van der Waals surface area contributed by atoms with E-state index in [-0.39, 0.29) is 5.69 Å². The molecule has 37 heavy (non-hydrogen) atoms. The number of nitrogens with zero attached hydrogens (tertiary/aromatic N) is 3. The zero-order valence-corrected chi connectivity index (χ0v) is 21.1. The molecule has 1 aromatic heterocycles. The second kappa shape index (κ2) is 11.6. The molecule has 1 fully saturated rings. The van der Waals surface area contributed by atoms with Gasteiger partial charge in [0.2, 0.25) is 0 Å². The number of rotatable bonds is 6. The molecule has 1 aliphatic heterocycles. The van der Waals surface area contributed by atoms with E-state index in [1.165, 1.54) is 23.3 Å². The summed E-state index contributed by atoms with van der Waals surface area (Å²) in [5.74, 6) is 1.38. The molecule has 1 aliphatic rings. The molecule has 0 aliphatic carbocycles. The maximum absolute atomic E-state index is 12.7. The Kier molecular flexibility index (Phi) is 8.33. The van der Waals surface area contributed by atoms with E-state index in [1.807, 2.05) is 6.07 Å². The molecular formula is C28H32F3N5O. The number of urea groups is 1. The zero-order chi connectivity index (χ0) is 26.4. The quantitative estimate of drug-likeness (QED) is 0.393. The van der Waals surface area contributed by atoms with Crippen LogP contribution in [0.15, 0.2) is 66.9 Å². The van der Waals surface area contributed by atoms with Gasteiger partial charge < -0.3 is 15.5 Å². The second-order valence-electron chi connectivity index (χ2n) is 9.57. The average Bonchev–Trinajstić information content (AvgIpc) is 3.10. The summed E-state index contributed by atoms with van der Waals surface area (Å²) < 4.78 is 38.1. The standard InChI is InChI=1S/C28H32F3N5O/c1-20(2)22-6-4-21(5-7-22)19-35-14-3-15-36(17-16-35)26-13-12-25(18-32-26)34-27(37)33-24-10-8-23(9-11-24)28(29,30)31/h4-13,18,20H,3,14-17,19H2,1-2H3,(H2,33,34,37). The molecule has 2 heterocycles. The molecule has 2 amide bonds. The van der Waals surface area contributed by atoms with Crippen LogP contribution >= 0.6 is 0 Å². The van der Waals surface area contributed by atoms with Gasteiger partial charge in [-0.05, 0) is 59.9 Å². The summed E-state index contributed by atoms with van der Waals surface area (Å²) in [4.78, 5) is 21.5. The van der Waals surface area contributed by atoms with Crippen LogP contribution in [0.5, 0.6) is 0 Å². The first-order chi connectivity index (χ1) is 17.7. The summed E-state index contributed by atoms with van der Waals surface area (Å²) in [6, 6.07) is 16.2. The third-order valence-corrected chi connectivity index (χ3v) is 6.44. The van der Waals surface area contributed by atoms with Crippen LogP contribution in [0.4, 0.5) is 35.2 Å². The molecule has 0 radical (unpaired) electrons. The van der Waals surface area contributed by atoms with Crippen LogP contribution in [0.25, 0.3) is 0 Å². The Morgan fingerprint density at radius 2 is 1.57 bits per heavy atom. The number of carbonyl (C=O) groups is 1. The fraction of sp³-hybridized carbons (Fsp3) is 0.357. The molecular weight excluding hydrogens is 479 g/mol. The van der Waals surface area contributed by atoms with Crippen molar-refractivity contribution in [2.45, 2.75) is 38.9 Å². The Morgan fingerprint density at radius 1 is 0.892 bits per heavy atom. The van der Waals surface area contributed by atoms with Gasteiger partial charge in [0.05, 0.1) is 17.4 Å². The molecule has 3 aromatic rings. The number of pyridine rings is 1. The number of amides is 2. The van der Waals surface area contributed by atoms with Crippen molar-refractivity contribution in [2.75, 3.05) is 41.7 Å². The Balaban J connectivity index is 1.27. The van der Waals surface area contributed by atoms with Gasteiger partial charge in [-0.25, -0.2) is 9.78 Å². The Bertz CT molecular complexity index is 1160. The summed E-state index contributed by atoms with van der Waals surface area (Å²) in [7, 11) is 0. The van der Waals surface area contributed by atoms with Crippen molar-refractivity contribution in [2.24, 2.45) is 0 Å². The van der Waals surface area contributed by atoms with Crippen LogP contribution in [0.2, 0.25) is 0 Å². The van der Waals surface area contributed by atoms with E-state index in [0.717, 1.165) is 57.1 Å². The number of anilines is 3. The van der Waals surface area contributed by atoms with E-state index in [0.29, 0.717) is 11.6 Å². The molecule has 196 valence electrons. The molecule has 0 bridgehead atoms. The van der Waals surface area contributed by atoms with Crippen molar-refractivity contribution in [3.8, 4) is 0 Å². The van der Waals surface area contributed by atoms with Crippen molar-refractivity contribution in [3.05, 3.63) is 83.6 Å². The summed E-state index contributed by atoms with van der Waals surface area (Å²) >= 11 is 0. The molecule has 2 N–H and O–H groups in total. The van der Waals surface area contributed by atoms with Gasteiger partial charge in [0.15, 0.2) is 0 Å². The van der Waals surface area contributed by atoms with Crippen molar-refractivity contribution in [1.82, 2.24) is 9.88 Å². The summed E-state index contributed by atoms with van der Waals surface area (Å²) in [6.45, 7) is 9.04. The highest BCUT2D eigenvalue weighted by Crippen LogP contribution is 2.30. The van der Waals surface area contributed by atoms with Crippen molar-refractivity contribution in [1.29, 1.82) is 0 Å². The van der Waals surface area contributed by atoms with E-state index in [4.69, 9.17) is 0 Å². The normalized spacial score (nSPS) is 14.9. The lowest BCUT2D eigenvalue weighted by Crippen LogP contribution is -2.31. The minimum absolute atomic E-state index is 0.264. The lowest BCUT2D eigenvalue weighted by molar-refractivity contribution is -0.137. The number of nitrogens with one attached hydrogen (secondary N) is 2. The second-order valence-corrected chi connectivity index (χ2v) is 9.57. The largest absolute Gasteiger partial charge is 0.416 e. The summed E-state index contributed by atoms with van der Waals surface area (Å²) in [5.41, 5.74) is 2.66. The predicted octanol–water partition coefficient (Wildman–Crippen LogP) is 6.58. The SMILES string of the molecule is CC(C)c1ccc(CN2CCCN(c3ccc(NC(=O)Nc4ccc(C(F)(F)F)cc4)cn3)CC2)cc1. The maximum atomic E-state index is 12.7. The third-order valence-electron chi connectivity index (χ3n) is 6.44. The van der Waals surface area contributed by atoms with Gasteiger partial charge in [0.1, 0.15) is 5.82 Å².